The monoisotopic (exact) mass is 305 g/mol. The SMILES string of the molecule is Cc1ncccc1C(=O)N(C)c1ccc(S(N)(=O)=O)cc1. The number of aromatic nitrogens is 1. The highest BCUT2D eigenvalue weighted by molar-refractivity contribution is 7.89. The normalized spacial score (nSPS) is 11.2. The molecule has 0 atom stereocenters. The van der Waals surface area contributed by atoms with Gasteiger partial charge in [-0.3, -0.25) is 9.78 Å². The van der Waals surface area contributed by atoms with Crippen molar-refractivity contribution in [2.24, 2.45) is 5.14 Å². The third kappa shape index (κ3) is 3.26. The van der Waals surface area contributed by atoms with E-state index in [0.717, 1.165) is 0 Å². The number of primary sulfonamides is 1. The highest BCUT2D eigenvalue weighted by Gasteiger charge is 2.16. The first-order valence-corrected chi connectivity index (χ1v) is 7.68. The fraction of sp³-hybridized carbons (Fsp3) is 0.143. The molecule has 2 N–H and O–H groups in total. The Morgan fingerprint density at radius 1 is 1.19 bits per heavy atom. The van der Waals surface area contributed by atoms with Gasteiger partial charge in [0.2, 0.25) is 10.0 Å². The lowest BCUT2D eigenvalue weighted by atomic mass is 10.1. The number of hydrogen-bond donors (Lipinski definition) is 1. The van der Waals surface area contributed by atoms with E-state index in [1.807, 2.05) is 0 Å². The summed E-state index contributed by atoms with van der Waals surface area (Å²) in [5, 5.41) is 5.04. The smallest absolute Gasteiger partial charge is 0.259 e. The van der Waals surface area contributed by atoms with Gasteiger partial charge in [-0.15, -0.1) is 0 Å². The minimum atomic E-state index is -3.74. The maximum atomic E-state index is 12.4. The van der Waals surface area contributed by atoms with Gasteiger partial charge in [-0.2, -0.15) is 0 Å². The zero-order chi connectivity index (χ0) is 15.6. The summed E-state index contributed by atoms with van der Waals surface area (Å²) in [5.74, 6) is -0.219. The van der Waals surface area contributed by atoms with E-state index in [2.05, 4.69) is 4.98 Å². The van der Waals surface area contributed by atoms with Gasteiger partial charge in [-0.25, -0.2) is 13.6 Å². The number of rotatable bonds is 3. The van der Waals surface area contributed by atoms with Crippen LogP contribution < -0.4 is 10.0 Å². The van der Waals surface area contributed by atoms with Crippen LogP contribution in [0.4, 0.5) is 5.69 Å². The Balaban J connectivity index is 2.30. The molecule has 21 heavy (non-hydrogen) atoms. The van der Waals surface area contributed by atoms with Crippen molar-refractivity contribution in [3.63, 3.8) is 0 Å². The molecule has 1 aromatic heterocycles. The number of nitrogens with two attached hydrogens (primary N) is 1. The van der Waals surface area contributed by atoms with Gasteiger partial charge in [-0.05, 0) is 43.3 Å². The summed E-state index contributed by atoms with van der Waals surface area (Å²) in [7, 11) is -2.13. The third-order valence-corrected chi connectivity index (χ3v) is 4.02. The number of amides is 1. The lowest BCUT2D eigenvalue weighted by Gasteiger charge is -2.18. The molecular formula is C14H15N3O3S. The molecule has 0 spiro atoms. The van der Waals surface area contributed by atoms with Crippen LogP contribution in [-0.2, 0) is 10.0 Å². The number of carbonyl (C=O) groups excluding carboxylic acids is 1. The summed E-state index contributed by atoms with van der Waals surface area (Å²) in [4.78, 5) is 17.9. The molecule has 1 heterocycles. The fourth-order valence-electron chi connectivity index (χ4n) is 1.87. The van der Waals surface area contributed by atoms with Crippen LogP contribution in [0.2, 0.25) is 0 Å². The largest absolute Gasteiger partial charge is 0.311 e. The third-order valence-electron chi connectivity index (χ3n) is 3.09. The molecule has 0 bridgehead atoms. The van der Waals surface area contributed by atoms with Crippen LogP contribution >= 0.6 is 0 Å². The molecule has 0 fully saturated rings. The topological polar surface area (TPSA) is 93.4 Å². The molecule has 1 aromatic carbocycles. The summed E-state index contributed by atoms with van der Waals surface area (Å²) < 4.78 is 22.4. The molecule has 0 aliphatic rings. The molecular weight excluding hydrogens is 290 g/mol. The van der Waals surface area contributed by atoms with Crippen LogP contribution in [0, 0.1) is 6.92 Å². The minimum absolute atomic E-state index is 0.00431. The van der Waals surface area contributed by atoms with Crippen molar-refractivity contribution in [3.05, 3.63) is 53.9 Å². The number of anilines is 1. The van der Waals surface area contributed by atoms with E-state index in [4.69, 9.17) is 5.14 Å². The molecule has 0 saturated heterocycles. The van der Waals surface area contributed by atoms with Crippen LogP contribution in [0.5, 0.6) is 0 Å². The summed E-state index contributed by atoms with van der Waals surface area (Å²) in [6.45, 7) is 1.76. The summed E-state index contributed by atoms with van der Waals surface area (Å²) in [5.41, 5.74) is 1.70. The van der Waals surface area contributed by atoms with Gasteiger partial charge in [0.25, 0.3) is 5.91 Å². The van der Waals surface area contributed by atoms with E-state index in [1.54, 1.807) is 32.3 Å². The number of aryl methyl sites for hydroxylation is 1. The van der Waals surface area contributed by atoms with Gasteiger partial charge < -0.3 is 4.90 Å². The average molecular weight is 305 g/mol. The van der Waals surface area contributed by atoms with Crippen molar-refractivity contribution in [1.82, 2.24) is 4.98 Å². The summed E-state index contributed by atoms with van der Waals surface area (Å²) in [6.07, 6.45) is 1.62. The van der Waals surface area contributed by atoms with Crippen LogP contribution in [0.25, 0.3) is 0 Å². The van der Waals surface area contributed by atoms with Gasteiger partial charge >= 0.3 is 0 Å². The molecule has 0 aliphatic carbocycles. The van der Waals surface area contributed by atoms with Crippen molar-refractivity contribution in [1.29, 1.82) is 0 Å². The number of pyridine rings is 1. The molecule has 0 aliphatic heterocycles. The zero-order valence-electron chi connectivity index (χ0n) is 11.6. The second kappa shape index (κ2) is 5.63. The Morgan fingerprint density at radius 3 is 2.33 bits per heavy atom. The molecule has 0 saturated carbocycles. The zero-order valence-corrected chi connectivity index (χ0v) is 12.5. The van der Waals surface area contributed by atoms with Crippen LogP contribution in [-0.4, -0.2) is 26.4 Å². The van der Waals surface area contributed by atoms with E-state index >= 15 is 0 Å². The van der Waals surface area contributed by atoms with Gasteiger partial charge in [0, 0.05) is 24.6 Å². The molecule has 1 amide bonds. The van der Waals surface area contributed by atoms with E-state index in [-0.39, 0.29) is 10.8 Å². The standard InChI is InChI=1S/C14H15N3O3S/c1-10-13(4-3-9-16-10)14(18)17(2)11-5-7-12(8-6-11)21(15,19)20/h3-9H,1-2H3,(H2,15,19,20). The predicted molar refractivity (Wildman–Crippen MR) is 79.5 cm³/mol. The van der Waals surface area contributed by atoms with Gasteiger partial charge in [0.1, 0.15) is 0 Å². The molecule has 6 nitrogen and oxygen atoms in total. The molecule has 110 valence electrons. The van der Waals surface area contributed by atoms with Crippen LogP contribution in [0.1, 0.15) is 16.1 Å². The quantitative estimate of drug-likeness (QED) is 0.925. The number of sulfonamides is 1. The van der Waals surface area contributed by atoms with E-state index in [9.17, 15) is 13.2 Å². The Labute approximate surface area is 123 Å². The van der Waals surface area contributed by atoms with Crippen molar-refractivity contribution in [2.45, 2.75) is 11.8 Å². The second-order valence-corrected chi connectivity index (χ2v) is 6.10. The van der Waals surface area contributed by atoms with E-state index < -0.39 is 10.0 Å². The lowest BCUT2D eigenvalue weighted by Crippen LogP contribution is -2.27. The lowest BCUT2D eigenvalue weighted by molar-refractivity contribution is 0.0992. The average Bonchev–Trinajstić information content (AvgIpc) is 2.45. The van der Waals surface area contributed by atoms with Crippen molar-refractivity contribution < 1.29 is 13.2 Å². The highest BCUT2D eigenvalue weighted by atomic mass is 32.2. The summed E-state index contributed by atoms with van der Waals surface area (Å²) >= 11 is 0. The Bertz CT molecular complexity index is 770. The number of carbonyl (C=O) groups is 1. The van der Waals surface area contributed by atoms with Crippen LogP contribution in [0.15, 0.2) is 47.5 Å². The van der Waals surface area contributed by atoms with Crippen molar-refractivity contribution in [3.8, 4) is 0 Å². The molecule has 2 rings (SSSR count). The van der Waals surface area contributed by atoms with Gasteiger partial charge in [0.05, 0.1) is 10.5 Å². The summed E-state index contributed by atoms with van der Waals surface area (Å²) in [6, 6.07) is 9.18. The fourth-order valence-corrected chi connectivity index (χ4v) is 2.38. The number of benzene rings is 1. The minimum Gasteiger partial charge on any atom is -0.311 e. The highest BCUT2D eigenvalue weighted by Crippen LogP contribution is 2.19. The molecule has 7 heteroatoms. The van der Waals surface area contributed by atoms with Gasteiger partial charge in [-0.1, -0.05) is 0 Å². The second-order valence-electron chi connectivity index (χ2n) is 4.54. The van der Waals surface area contributed by atoms with Gasteiger partial charge in [0.15, 0.2) is 0 Å². The van der Waals surface area contributed by atoms with Crippen LogP contribution in [0.3, 0.4) is 0 Å². The Hall–Kier alpha value is -2.25. The first kappa shape index (κ1) is 15.1. The first-order chi connectivity index (χ1) is 9.80. The molecule has 0 radical (unpaired) electrons. The predicted octanol–water partition coefficient (Wildman–Crippen LogP) is 1.31. The number of hydrogen-bond acceptors (Lipinski definition) is 4. The van der Waals surface area contributed by atoms with Crippen molar-refractivity contribution in [2.75, 3.05) is 11.9 Å². The van der Waals surface area contributed by atoms with E-state index in [0.29, 0.717) is 16.9 Å². The maximum absolute atomic E-state index is 12.4. The molecule has 2 aromatic rings. The maximum Gasteiger partial charge on any atom is 0.259 e. The first-order valence-electron chi connectivity index (χ1n) is 6.13. The molecule has 0 unspecified atom stereocenters. The number of nitrogens with zero attached hydrogens (tertiary/aromatic N) is 2. The Morgan fingerprint density at radius 2 is 1.81 bits per heavy atom. The van der Waals surface area contributed by atoms with E-state index in [1.165, 1.54) is 29.2 Å². The Kier molecular flexibility index (Phi) is 4.06. The van der Waals surface area contributed by atoms with Crippen molar-refractivity contribution >= 4 is 21.6 Å².